The van der Waals surface area contributed by atoms with Crippen LogP contribution < -0.4 is 0 Å². The third-order valence-corrected chi connectivity index (χ3v) is 5.52. The molecule has 0 saturated carbocycles. The Morgan fingerprint density at radius 1 is 1.04 bits per heavy atom. The van der Waals surface area contributed by atoms with Crippen LogP contribution in [0.1, 0.15) is 18.4 Å². The fraction of sp³-hybridized carbons (Fsp3) is 0.682. The van der Waals surface area contributed by atoms with Crippen LogP contribution in [0.4, 0.5) is 0 Å². The molecular formula is C22H34N4O2. The Kier molecular flexibility index (Phi) is 9.21. The Morgan fingerprint density at radius 2 is 1.86 bits per heavy atom. The number of morpholine rings is 1. The number of nitrogens with zero attached hydrogens (tertiary/aromatic N) is 4. The Balaban J connectivity index is 1.51. The molecule has 2 aliphatic heterocycles. The van der Waals surface area contributed by atoms with E-state index in [-0.39, 0.29) is 6.10 Å². The topological polar surface area (TPSA) is 52.0 Å². The quantitative estimate of drug-likeness (QED) is 0.645. The molecule has 1 atom stereocenters. The molecule has 0 amide bonds. The van der Waals surface area contributed by atoms with Crippen LogP contribution in [-0.2, 0) is 16.0 Å². The Morgan fingerprint density at radius 3 is 2.64 bits per heavy atom. The highest BCUT2D eigenvalue weighted by molar-refractivity contribution is 5.14. The van der Waals surface area contributed by atoms with Gasteiger partial charge >= 0.3 is 0 Å². The molecule has 2 aliphatic rings. The van der Waals surface area contributed by atoms with Gasteiger partial charge in [-0.2, -0.15) is 5.26 Å². The monoisotopic (exact) mass is 386 g/mol. The van der Waals surface area contributed by atoms with Crippen molar-refractivity contribution in [2.24, 2.45) is 0 Å². The van der Waals surface area contributed by atoms with Crippen molar-refractivity contribution < 1.29 is 9.47 Å². The van der Waals surface area contributed by atoms with Crippen molar-refractivity contribution in [2.75, 3.05) is 72.2 Å². The van der Waals surface area contributed by atoms with E-state index in [1.165, 1.54) is 5.56 Å². The number of rotatable bonds is 9. The molecule has 6 nitrogen and oxygen atoms in total. The van der Waals surface area contributed by atoms with Crippen LogP contribution in [0.2, 0.25) is 0 Å². The minimum atomic E-state index is 0.203. The minimum Gasteiger partial charge on any atom is -0.379 e. The lowest BCUT2D eigenvalue weighted by molar-refractivity contribution is 0.0136. The molecule has 0 radical (unpaired) electrons. The molecule has 1 aromatic carbocycles. The number of benzene rings is 1. The molecule has 0 bridgehead atoms. The standard InChI is InChI=1S/C22H34N4O2/c23-8-4-9-25(12-11-24-13-16-27-17-14-24)19-22-20-26(10-5-15-28-22)18-21-6-2-1-3-7-21/h1-3,6-7,22H,4-5,9-20H2/t22-/m0/s1. The van der Waals surface area contributed by atoms with Gasteiger partial charge < -0.3 is 9.47 Å². The molecule has 2 fully saturated rings. The number of ether oxygens (including phenoxy) is 2. The molecule has 28 heavy (non-hydrogen) atoms. The summed E-state index contributed by atoms with van der Waals surface area (Å²) in [5.41, 5.74) is 1.36. The van der Waals surface area contributed by atoms with E-state index in [2.05, 4.69) is 51.1 Å². The Labute approximate surface area is 169 Å². The highest BCUT2D eigenvalue weighted by atomic mass is 16.5. The van der Waals surface area contributed by atoms with E-state index in [1.807, 2.05) is 0 Å². The van der Waals surface area contributed by atoms with Crippen molar-refractivity contribution in [3.63, 3.8) is 0 Å². The van der Waals surface area contributed by atoms with Crippen molar-refractivity contribution in [3.05, 3.63) is 35.9 Å². The first-order valence-corrected chi connectivity index (χ1v) is 10.6. The van der Waals surface area contributed by atoms with E-state index >= 15 is 0 Å². The zero-order valence-electron chi connectivity index (χ0n) is 17.0. The lowest BCUT2D eigenvalue weighted by Gasteiger charge is -2.32. The van der Waals surface area contributed by atoms with E-state index < -0.39 is 0 Å². The summed E-state index contributed by atoms with van der Waals surface area (Å²) in [5.74, 6) is 0. The molecule has 2 heterocycles. The summed E-state index contributed by atoms with van der Waals surface area (Å²) < 4.78 is 11.6. The number of hydrogen-bond acceptors (Lipinski definition) is 6. The van der Waals surface area contributed by atoms with Gasteiger partial charge in [-0.3, -0.25) is 14.7 Å². The molecule has 0 unspecified atom stereocenters. The van der Waals surface area contributed by atoms with Crippen LogP contribution in [0.3, 0.4) is 0 Å². The molecule has 3 rings (SSSR count). The molecule has 0 aromatic heterocycles. The largest absolute Gasteiger partial charge is 0.379 e. The second-order valence-corrected chi connectivity index (χ2v) is 7.73. The third kappa shape index (κ3) is 7.50. The SMILES string of the molecule is N#CCCN(CCN1CCOCC1)C[C@H]1CN(Cc2ccccc2)CCCO1. The lowest BCUT2D eigenvalue weighted by Crippen LogP contribution is -2.45. The van der Waals surface area contributed by atoms with Gasteiger partial charge in [0.15, 0.2) is 0 Å². The fourth-order valence-electron chi connectivity index (χ4n) is 3.96. The second-order valence-electron chi connectivity index (χ2n) is 7.73. The van der Waals surface area contributed by atoms with E-state index in [0.717, 1.165) is 85.1 Å². The Hall–Kier alpha value is -1.49. The van der Waals surface area contributed by atoms with Crippen molar-refractivity contribution in [3.8, 4) is 6.07 Å². The lowest BCUT2D eigenvalue weighted by atomic mass is 10.2. The van der Waals surface area contributed by atoms with Gasteiger partial charge in [-0.15, -0.1) is 0 Å². The average molecular weight is 387 g/mol. The van der Waals surface area contributed by atoms with Crippen LogP contribution in [0, 0.1) is 11.3 Å². The van der Waals surface area contributed by atoms with Gasteiger partial charge in [0.25, 0.3) is 0 Å². The highest BCUT2D eigenvalue weighted by Crippen LogP contribution is 2.12. The van der Waals surface area contributed by atoms with Crippen molar-refractivity contribution in [1.29, 1.82) is 5.26 Å². The first kappa shape index (κ1) is 21.2. The van der Waals surface area contributed by atoms with Crippen molar-refractivity contribution in [1.82, 2.24) is 14.7 Å². The zero-order chi connectivity index (χ0) is 19.4. The molecule has 6 heteroatoms. The first-order chi connectivity index (χ1) is 13.8. The van der Waals surface area contributed by atoms with Gasteiger partial charge in [0.1, 0.15) is 0 Å². The maximum absolute atomic E-state index is 9.05. The van der Waals surface area contributed by atoms with Gasteiger partial charge in [0.05, 0.1) is 25.4 Å². The van der Waals surface area contributed by atoms with E-state index in [0.29, 0.717) is 6.42 Å². The van der Waals surface area contributed by atoms with Gasteiger partial charge in [-0.05, 0) is 12.0 Å². The number of hydrogen-bond donors (Lipinski definition) is 0. The van der Waals surface area contributed by atoms with Gasteiger partial charge in [-0.25, -0.2) is 0 Å². The molecular weight excluding hydrogens is 352 g/mol. The summed E-state index contributed by atoms with van der Waals surface area (Å²) >= 11 is 0. The smallest absolute Gasteiger partial charge is 0.0828 e. The first-order valence-electron chi connectivity index (χ1n) is 10.6. The highest BCUT2D eigenvalue weighted by Gasteiger charge is 2.22. The summed E-state index contributed by atoms with van der Waals surface area (Å²) in [6.07, 6.45) is 1.85. The summed E-state index contributed by atoms with van der Waals surface area (Å²) in [6, 6.07) is 13.0. The van der Waals surface area contributed by atoms with Crippen molar-refractivity contribution in [2.45, 2.75) is 25.5 Å². The molecule has 2 saturated heterocycles. The molecule has 154 valence electrons. The van der Waals surface area contributed by atoms with Crippen LogP contribution in [0.25, 0.3) is 0 Å². The molecule has 0 spiro atoms. The van der Waals surface area contributed by atoms with Gasteiger partial charge in [-0.1, -0.05) is 30.3 Å². The maximum Gasteiger partial charge on any atom is 0.0828 e. The van der Waals surface area contributed by atoms with Crippen LogP contribution >= 0.6 is 0 Å². The van der Waals surface area contributed by atoms with Crippen LogP contribution in [0.5, 0.6) is 0 Å². The predicted molar refractivity (Wildman–Crippen MR) is 110 cm³/mol. The molecule has 1 aromatic rings. The third-order valence-electron chi connectivity index (χ3n) is 5.52. The summed E-state index contributed by atoms with van der Waals surface area (Å²) in [7, 11) is 0. The van der Waals surface area contributed by atoms with E-state index in [9.17, 15) is 0 Å². The summed E-state index contributed by atoms with van der Waals surface area (Å²) in [4.78, 5) is 7.38. The summed E-state index contributed by atoms with van der Waals surface area (Å²) in [5, 5.41) is 9.05. The van der Waals surface area contributed by atoms with Crippen LogP contribution in [0.15, 0.2) is 30.3 Å². The number of nitriles is 1. The van der Waals surface area contributed by atoms with Crippen LogP contribution in [-0.4, -0.2) is 93.0 Å². The predicted octanol–water partition coefficient (Wildman–Crippen LogP) is 1.83. The van der Waals surface area contributed by atoms with Gasteiger partial charge in [0, 0.05) is 71.9 Å². The van der Waals surface area contributed by atoms with E-state index in [1.54, 1.807) is 0 Å². The molecule has 0 N–H and O–H groups in total. The molecule has 0 aliphatic carbocycles. The minimum absolute atomic E-state index is 0.203. The second kappa shape index (κ2) is 12.2. The average Bonchev–Trinajstić information content (AvgIpc) is 2.96. The summed E-state index contributed by atoms with van der Waals surface area (Å²) in [6.45, 7) is 11.3. The zero-order valence-corrected chi connectivity index (χ0v) is 17.0. The van der Waals surface area contributed by atoms with E-state index in [4.69, 9.17) is 14.7 Å². The van der Waals surface area contributed by atoms with Crippen molar-refractivity contribution >= 4 is 0 Å². The maximum atomic E-state index is 9.05. The Bertz CT molecular complexity index is 586. The van der Waals surface area contributed by atoms with Gasteiger partial charge in [0.2, 0.25) is 0 Å². The fourth-order valence-corrected chi connectivity index (χ4v) is 3.96. The normalized spacial score (nSPS) is 22.1.